The molecule has 0 saturated heterocycles. The van der Waals surface area contributed by atoms with Crippen LogP contribution in [0.4, 0.5) is 0 Å². The normalized spacial score (nSPS) is 13.8. The van der Waals surface area contributed by atoms with Gasteiger partial charge in [0, 0.05) is 5.56 Å². The Labute approximate surface area is 139 Å². The van der Waals surface area contributed by atoms with Gasteiger partial charge in [-0.25, -0.2) is 0 Å². The van der Waals surface area contributed by atoms with E-state index in [1.165, 1.54) is 18.4 Å². The number of hydrogen-bond acceptors (Lipinski definition) is 5. The van der Waals surface area contributed by atoms with E-state index in [0.717, 1.165) is 16.7 Å². The summed E-state index contributed by atoms with van der Waals surface area (Å²) in [7, 11) is 3.27. The highest BCUT2D eigenvalue weighted by molar-refractivity contribution is 5.82. The van der Waals surface area contributed by atoms with E-state index < -0.39 is 0 Å². The molecule has 6 nitrogen and oxygen atoms in total. The number of methoxy groups -OCH3 is 2. The molecule has 0 spiro atoms. The fraction of sp³-hybridized carbons (Fsp3) is 0.278. The highest BCUT2D eigenvalue weighted by Gasteiger charge is 2.25. The minimum Gasteiger partial charge on any atom is -0.493 e. The van der Waals surface area contributed by atoms with E-state index in [0.29, 0.717) is 23.2 Å². The molecule has 0 aliphatic heterocycles. The van der Waals surface area contributed by atoms with Crippen molar-refractivity contribution in [3.63, 3.8) is 0 Å². The summed E-state index contributed by atoms with van der Waals surface area (Å²) >= 11 is 0. The topological polar surface area (TPSA) is 72.9 Å². The summed E-state index contributed by atoms with van der Waals surface area (Å²) in [5, 5.41) is 14.6. The Morgan fingerprint density at radius 3 is 2.46 bits per heavy atom. The van der Waals surface area contributed by atoms with Gasteiger partial charge in [-0.1, -0.05) is 18.2 Å². The molecule has 0 bridgehead atoms. The highest BCUT2D eigenvalue weighted by Crippen LogP contribution is 2.43. The van der Waals surface area contributed by atoms with Gasteiger partial charge in [0.05, 0.1) is 14.2 Å². The summed E-state index contributed by atoms with van der Waals surface area (Å²) in [4.78, 5) is 0. The minimum absolute atomic E-state index is 0.599. The van der Waals surface area contributed by atoms with Crippen molar-refractivity contribution in [3.05, 3.63) is 42.0 Å². The van der Waals surface area contributed by atoms with Crippen molar-refractivity contribution in [2.75, 3.05) is 14.2 Å². The third-order valence-corrected chi connectivity index (χ3v) is 4.37. The van der Waals surface area contributed by atoms with Crippen LogP contribution in [0.15, 0.2) is 36.4 Å². The predicted molar refractivity (Wildman–Crippen MR) is 90.1 cm³/mol. The first-order chi connectivity index (χ1) is 11.8. The van der Waals surface area contributed by atoms with E-state index in [-0.39, 0.29) is 0 Å². The third-order valence-electron chi connectivity index (χ3n) is 4.37. The summed E-state index contributed by atoms with van der Waals surface area (Å²) in [5.74, 6) is 2.66. The molecule has 122 valence electrons. The van der Waals surface area contributed by atoms with Gasteiger partial charge in [-0.2, -0.15) is 5.21 Å². The molecule has 1 N–H and O–H groups in total. The number of H-pyrrole nitrogens is 1. The molecule has 2 aromatic carbocycles. The van der Waals surface area contributed by atoms with Crippen LogP contribution in [-0.2, 0) is 0 Å². The standard InChI is InChI=1S/C18H18N4O2/c1-23-16-8-6-13(10-17(16)24-2)14-7-5-12(11-3-4-11)9-15(14)18-19-21-22-20-18/h5-11H,3-4H2,1-2H3,(H,19,20,21,22). The molecule has 1 fully saturated rings. The second kappa shape index (κ2) is 5.96. The molecule has 0 unspecified atom stereocenters. The second-order valence-corrected chi connectivity index (χ2v) is 5.88. The van der Waals surface area contributed by atoms with Gasteiger partial charge in [0.2, 0.25) is 5.82 Å². The number of aromatic amines is 1. The van der Waals surface area contributed by atoms with Gasteiger partial charge in [0.1, 0.15) is 0 Å². The fourth-order valence-corrected chi connectivity index (χ4v) is 2.95. The summed E-state index contributed by atoms with van der Waals surface area (Å²) in [6.07, 6.45) is 2.50. The predicted octanol–water partition coefficient (Wildman–Crippen LogP) is 3.43. The molecule has 4 rings (SSSR count). The molecule has 0 atom stereocenters. The van der Waals surface area contributed by atoms with E-state index in [4.69, 9.17) is 9.47 Å². The van der Waals surface area contributed by atoms with Crippen LogP contribution in [-0.4, -0.2) is 34.8 Å². The van der Waals surface area contributed by atoms with Crippen LogP contribution in [0.1, 0.15) is 24.3 Å². The van der Waals surface area contributed by atoms with Crippen molar-refractivity contribution >= 4 is 0 Å². The van der Waals surface area contributed by atoms with Gasteiger partial charge >= 0.3 is 0 Å². The van der Waals surface area contributed by atoms with Crippen LogP contribution in [0.3, 0.4) is 0 Å². The van der Waals surface area contributed by atoms with Gasteiger partial charge in [-0.15, -0.1) is 10.2 Å². The largest absolute Gasteiger partial charge is 0.493 e. The summed E-state index contributed by atoms with van der Waals surface area (Å²) < 4.78 is 10.7. The number of nitrogens with zero attached hydrogens (tertiary/aromatic N) is 3. The van der Waals surface area contributed by atoms with Crippen molar-refractivity contribution in [3.8, 4) is 34.0 Å². The van der Waals surface area contributed by atoms with E-state index in [1.54, 1.807) is 14.2 Å². The zero-order valence-corrected chi connectivity index (χ0v) is 13.6. The lowest BCUT2D eigenvalue weighted by atomic mass is 9.95. The van der Waals surface area contributed by atoms with Crippen molar-refractivity contribution in [1.82, 2.24) is 20.6 Å². The monoisotopic (exact) mass is 322 g/mol. The Hall–Kier alpha value is -2.89. The van der Waals surface area contributed by atoms with E-state index in [2.05, 4.69) is 38.8 Å². The molecule has 24 heavy (non-hydrogen) atoms. The van der Waals surface area contributed by atoms with E-state index >= 15 is 0 Å². The van der Waals surface area contributed by atoms with Gasteiger partial charge in [-0.3, -0.25) is 0 Å². The summed E-state index contributed by atoms with van der Waals surface area (Å²) in [6, 6.07) is 12.4. The smallest absolute Gasteiger partial charge is 0.205 e. The Kier molecular flexibility index (Phi) is 3.65. The number of rotatable bonds is 5. The number of ether oxygens (including phenoxy) is 2. The fourth-order valence-electron chi connectivity index (χ4n) is 2.95. The second-order valence-electron chi connectivity index (χ2n) is 5.88. The van der Waals surface area contributed by atoms with Crippen LogP contribution >= 0.6 is 0 Å². The first-order valence-electron chi connectivity index (χ1n) is 7.90. The molecule has 1 saturated carbocycles. The zero-order valence-electron chi connectivity index (χ0n) is 13.6. The van der Waals surface area contributed by atoms with Crippen molar-refractivity contribution in [1.29, 1.82) is 0 Å². The maximum Gasteiger partial charge on any atom is 0.205 e. The number of aromatic nitrogens is 4. The summed E-state index contributed by atoms with van der Waals surface area (Å²) in [5.41, 5.74) is 4.37. The number of nitrogens with one attached hydrogen (secondary N) is 1. The van der Waals surface area contributed by atoms with Gasteiger partial charge < -0.3 is 9.47 Å². The average molecular weight is 322 g/mol. The Bertz CT molecular complexity index is 857. The molecular weight excluding hydrogens is 304 g/mol. The van der Waals surface area contributed by atoms with E-state index in [9.17, 15) is 0 Å². The lowest BCUT2D eigenvalue weighted by Crippen LogP contribution is -1.93. The maximum absolute atomic E-state index is 5.43. The van der Waals surface area contributed by atoms with Crippen molar-refractivity contribution < 1.29 is 9.47 Å². The van der Waals surface area contributed by atoms with Crippen LogP contribution in [0, 0.1) is 0 Å². The molecule has 1 aromatic heterocycles. The minimum atomic E-state index is 0.599. The highest BCUT2D eigenvalue weighted by atomic mass is 16.5. The van der Waals surface area contributed by atoms with Crippen LogP contribution in [0.25, 0.3) is 22.5 Å². The molecule has 3 aromatic rings. The van der Waals surface area contributed by atoms with Gasteiger partial charge in [0.25, 0.3) is 0 Å². The zero-order chi connectivity index (χ0) is 16.5. The Morgan fingerprint density at radius 2 is 1.79 bits per heavy atom. The van der Waals surface area contributed by atoms with Crippen molar-refractivity contribution in [2.24, 2.45) is 0 Å². The van der Waals surface area contributed by atoms with Gasteiger partial charge in [0.15, 0.2) is 11.5 Å². The molecule has 6 heteroatoms. The lowest BCUT2D eigenvalue weighted by Gasteiger charge is -2.13. The number of tetrazole rings is 1. The molecule has 1 aliphatic carbocycles. The first kappa shape index (κ1) is 14.7. The SMILES string of the molecule is COc1ccc(-c2ccc(C3CC3)cc2-c2nn[nH]n2)cc1OC. The van der Waals surface area contributed by atoms with Crippen LogP contribution in [0.2, 0.25) is 0 Å². The van der Waals surface area contributed by atoms with Gasteiger partial charge in [-0.05, 0) is 58.9 Å². The third kappa shape index (κ3) is 2.60. The lowest BCUT2D eigenvalue weighted by molar-refractivity contribution is 0.355. The maximum atomic E-state index is 5.43. The summed E-state index contributed by atoms with van der Waals surface area (Å²) in [6.45, 7) is 0. The molecular formula is C18H18N4O2. The van der Waals surface area contributed by atoms with Crippen LogP contribution in [0.5, 0.6) is 11.5 Å². The Balaban J connectivity index is 1.85. The Morgan fingerprint density at radius 1 is 0.958 bits per heavy atom. The van der Waals surface area contributed by atoms with Crippen LogP contribution < -0.4 is 9.47 Å². The molecule has 0 radical (unpaired) electrons. The quantitative estimate of drug-likeness (QED) is 0.779. The number of benzene rings is 2. The average Bonchev–Trinajstić information content (AvgIpc) is 3.35. The molecule has 0 amide bonds. The molecule has 1 heterocycles. The van der Waals surface area contributed by atoms with E-state index in [1.807, 2.05) is 18.2 Å². The number of hydrogen-bond donors (Lipinski definition) is 1. The first-order valence-corrected chi connectivity index (χ1v) is 7.90. The molecule has 1 aliphatic rings. The van der Waals surface area contributed by atoms with Crippen molar-refractivity contribution in [2.45, 2.75) is 18.8 Å².